The second-order valence-corrected chi connectivity index (χ2v) is 11.9. The van der Waals surface area contributed by atoms with Gasteiger partial charge in [-0.3, -0.25) is 4.79 Å². The molecule has 0 radical (unpaired) electrons. The maximum absolute atomic E-state index is 13.7. The molecule has 33 heavy (non-hydrogen) atoms. The lowest BCUT2D eigenvalue weighted by Crippen LogP contribution is -2.39. The number of anilines is 1. The molecule has 0 spiro atoms. The highest BCUT2D eigenvalue weighted by molar-refractivity contribution is 7.88. The van der Waals surface area contributed by atoms with Gasteiger partial charge >= 0.3 is 0 Å². The first-order valence-electron chi connectivity index (χ1n) is 11.1. The Bertz CT molecular complexity index is 1140. The third kappa shape index (κ3) is 5.63. The number of nitrogens with one attached hydrogen (secondary N) is 1. The summed E-state index contributed by atoms with van der Waals surface area (Å²) in [5, 5.41) is 2.76. The molecule has 6 nitrogen and oxygen atoms in total. The number of piperidine rings is 1. The van der Waals surface area contributed by atoms with Gasteiger partial charge in [0.2, 0.25) is 10.0 Å². The van der Waals surface area contributed by atoms with Crippen LogP contribution in [-0.4, -0.2) is 42.5 Å². The zero-order chi connectivity index (χ0) is 24.8. The zero-order valence-corrected chi connectivity index (χ0v) is 20.9. The van der Waals surface area contributed by atoms with Gasteiger partial charge in [0, 0.05) is 54.1 Å². The van der Waals surface area contributed by atoms with E-state index in [-0.39, 0.29) is 22.9 Å². The minimum atomic E-state index is -3.23. The van der Waals surface area contributed by atoms with E-state index < -0.39 is 15.9 Å². The number of hydrogen-bond donors (Lipinski definition) is 1. The van der Waals surface area contributed by atoms with Crippen molar-refractivity contribution in [3.05, 3.63) is 52.8 Å². The van der Waals surface area contributed by atoms with Crippen LogP contribution in [0.2, 0.25) is 0 Å². The molecule has 1 amide bonds. The molecule has 0 unspecified atom stereocenters. The van der Waals surface area contributed by atoms with Crippen molar-refractivity contribution < 1.29 is 22.0 Å². The van der Waals surface area contributed by atoms with Gasteiger partial charge in [-0.25, -0.2) is 21.5 Å². The lowest BCUT2D eigenvalue weighted by Gasteiger charge is -2.35. The van der Waals surface area contributed by atoms with Crippen molar-refractivity contribution >= 4 is 21.6 Å². The summed E-state index contributed by atoms with van der Waals surface area (Å²) in [6.45, 7) is 9.77. The Hall–Kier alpha value is -2.26. The Morgan fingerprint density at radius 3 is 2.21 bits per heavy atom. The van der Waals surface area contributed by atoms with Gasteiger partial charge in [-0.2, -0.15) is 0 Å². The van der Waals surface area contributed by atoms with Crippen LogP contribution in [0.15, 0.2) is 30.3 Å². The lowest BCUT2D eigenvalue weighted by molar-refractivity contribution is 0.0175. The molecule has 2 heterocycles. The molecular formula is C24H33F2N3O3S. The molecule has 1 aromatic heterocycles. The number of halogens is 2. The van der Waals surface area contributed by atoms with Crippen LogP contribution in [0.1, 0.15) is 73.9 Å². The van der Waals surface area contributed by atoms with E-state index >= 15 is 0 Å². The summed E-state index contributed by atoms with van der Waals surface area (Å²) >= 11 is 0. The molecule has 182 valence electrons. The molecule has 9 heteroatoms. The van der Waals surface area contributed by atoms with E-state index in [4.69, 9.17) is 0 Å². The molecule has 1 saturated heterocycles. The van der Waals surface area contributed by atoms with Crippen LogP contribution >= 0.6 is 0 Å². The number of alkyl halides is 2. The van der Waals surface area contributed by atoms with Crippen molar-refractivity contribution in [3.8, 4) is 0 Å². The van der Waals surface area contributed by atoms with Crippen molar-refractivity contribution in [2.75, 3.05) is 24.7 Å². The van der Waals surface area contributed by atoms with E-state index in [1.165, 1.54) is 28.8 Å². The predicted octanol–water partition coefficient (Wildman–Crippen LogP) is 5.05. The van der Waals surface area contributed by atoms with E-state index in [0.717, 1.165) is 18.3 Å². The summed E-state index contributed by atoms with van der Waals surface area (Å²) in [6, 6.07) is 7.64. The largest absolute Gasteiger partial charge is 0.344 e. The Balaban J connectivity index is 1.92. The van der Waals surface area contributed by atoms with E-state index in [1.807, 2.05) is 13.0 Å². The first-order chi connectivity index (χ1) is 15.1. The molecule has 1 fully saturated rings. The molecule has 0 bridgehead atoms. The SMILES string of the molecule is Cc1c(C(=O)Nc2cccc(C(C)(F)F)c2)cc(C(C)(C)C)n1C1CCN(S(C)(=O)=O)CC1. The molecule has 2 aromatic rings. The molecule has 3 rings (SSSR count). The summed E-state index contributed by atoms with van der Waals surface area (Å²) in [6.07, 6.45) is 2.53. The van der Waals surface area contributed by atoms with Gasteiger partial charge in [0.05, 0.1) is 11.8 Å². The first kappa shape index (κ1) is 25.4. The number of carbonyl (C=O) groups is 1. The van der Waals surface area contributed by atoms with Crippen molar-refractivity contribution in [1.82, 2.24) is 8.87 Å². The third-order valence-electron chi connectivity index (χ3n) is 6.19. The Kier molecular flexibility index (Phi) is 6.79. The summed E-state index contributed by atoms with van der Waals surface area (Å²) in [7, 11) is -3.23. The van der Waals surface area contributed by atoms with Gasteiger partial charge in [-0.05, 0) is 38.0 Å². The van der Waals surface area contributed by atoms with Crippen LogP contribution in [0, 0.1) is 6.92 Å². The first-order valence-corrected chi connectivity index (χ1v) is 12.9. The minimum absolute atomic E-state index is 0.0703. The van der Waals surface area contributed by atoms with E-state index in [2.05, 4.69) is 30.7 Å². The van der Waals surface area contributed by atoms with Crippen molar-refractivity contribution in [2.45, 2.75) is 64.8 Å². The monoisotopic (exact) mass is 481 g/mol. The number of amides is 1. The fourth-order valence-electron chi connectivity index (χ4n) is 4.40. The normalized spacial score (nSPS) is 16.7. The second-order valence-electron chi connectivity index (χ2n) is 9.97. The van der Waals surface area contributed by atoms with Gasteiger partial charge in [-0.1, -0.05) is 32.9 Å². The summed E-state index contributed by atoms with van der Waals surface area (Å²) in [5.74, 6) is -3.36. The van der Waals surface area contributed by atoms with Crippen molar-refractivity contribution in [3.63, 3.8) is 0 Å². The number of carbonyl (C=O) groups excluding carboxylic acids is 1. The summed E-state index contributed by atoms with van der Waals surface area (Å²) in [4.78, 5) is 13.2. The summed E-state index contributed by atoms with van der Waals surface area (Å²) in [5.41, 5.74) is 2.15. The fraction of sp³-hybridized carbons (Fsp3) is 0.542. The number of sulfonamides is 1. The van der Waals surface area contributed by atoms with Gasteiger partial charge in [0.15, 0.2) is 0 Å². The van der Waals surface area contributed by atoms with Crippen LogP contribution in [0.25, 0.3) is 0 Å². The summed E-state index contributed by atoms with van der Waals surface area (Å²) < 4.78 is 54.8. The highest BCUT2D eigenvalue weighted by Gasteiger charge is 2.32. The van der Waals surface area contributed by atoms with Crippen molar-refractivity contribution in [2.24, 2.45) is 0 Å². The number of benzene rings is 1. The number of hydrogen-bond acceptors (Lipinski definition) is 3. The molecule has 1 N–H and O–H groups in total. The molecule has 1 aromatic carbocycles. The maximum atomic E-state index is 13.7. The number of aromatic nitrogens is 1. The average molecular weight is 482 g/mol. The van der Waals surface area contributed by atoms with Crippen LogP contribution in [0.3, 0.4) is 0 Å². The van der Waals surface area contributed by atoms with Crippen LogP contribution in [-0.2, 0) is 21.4 Å². The van der Waals surface area contributed by atoms with E-state index in [1.54, 1.807) is 6.07 Å². The average Bonchev–Trinajstić information content (AvgIpc) is 3.04. The van der Waals surface area contributed by atoms with E-state index in [0.29, 0.717) is 37.2 Å². The molecule has 0 aliphatic carbocycles. The van der Waals surface area contributed by atoms with Gasteiger partial charge in [0.1, 0.15) is 0 Å². The number of nitrogens with zero attached hydrogens (tertiary/aromatic N) is 2. The number of rotatable bonds is 5. The predicted molar refractivity (Wildman–Crippen MR) is 127 cm³/mol. The minimum Gasteiger partial charge on any atom is -0.344 e. The third-order valence-corrected chi connectivity index (χ3v) is 7.49. The molecule has 0 atom stereocenters. The quantitative estimate of drug-likeness (QED) is 0.649. The lowest BCUT2D eigenvalue weighted by atomic mass is 9.91. The van der Waals surface area contributed by atoms with Crippen LogP contribution in [0.5, 0.6) is 0 Å². The standard InChI is InChI=1S/C24H33F2N3O3S/c1-16-20(22(30)27-18-9-7-8-17(14-18)24(5,25)26)15-21(23(2,3)4)29(16)19-10-12-28(13-11-19)33(6,31)32/h7-9,14-15,19H,10-13H2,1-6H3,(H,27,30). The zero-order valence-electron chi connectivity index (χ0n) is 20.1. The van der Waals surface area contributed by atoms with Crippen molar-refractivity contribution in [1.29, 1.82) is 0 Å². The van der Waals surface area contributed by atoms with E-state index in [9.17, 15) is 22.0 Å². The second kappa shape index (κ2) is 8.83. The molecule has 1 aliphatic rings. The molecular weight excluding hydrogens is 448 g/mol. The van der Waals surface area contributed by atoms with Gasteiger partial charge in [0.25, 0.3) is 11.8 Å². The Morgan fingerprint density at radius 2 is 1.70 bits per heavy atom. The molecule has 0 saturated carbocycles. The topological polar surface area (TPSA) is 71.4 Å². The molecule has 1 aliphatic heterocycles. The highest BCUT2D eigenvalue weighted by atomic mass is 32.2. The smallest absolute Gasteiger partial charge is 0.270 e. The Labute approximate surface area is 195 Å². The van der Waals surface area contributed by atoms with Gasteiger partial charge < -0.3 is 9.88 Å². The maximum Gasteiger partial charge on any atom is 0.270 e. The highest BCUT2D eigenvalue weighted by Crippen LogP contribution is 2.35. The van der Waals surface area contributed by atoms with Gasteiger partial charge in [-0.15, -0.1) is 0 Å². The Morgan fingerprint density at radius 1 is 1.09 bits per heavy atom. The fourth-order valence-corrected chi connectivity index (χ4v) is 5.27. The van der Waals surface area contributed by atoms with Crippen LogP contribution in [0.4, 0.5) is 14.5 Å². The van der Waals surface area contributed by atoms with Crippen LogP contribution < -0.4 is 5.32 Å².